The molecule has 1 amide bonds. The first-order valence-electron chi connectivity index (χ1n) is 7.95. The molecule has 0 aliphatic carbocycles. The highest BCUT2D eigenvalue weighted by molar-refractivity contribution is 9.10. The summed E-state index contributed by atoms with van der Waals surface area (Å²) in [5.74, 6) is 0.132. The van der Waals surface area contributed by atoms with E-state index in [1.165, 1.54) is 11.1 Å². The predicted octanol–water partition coefficient (Wildman–Crippen LogP) is 3.72. The van der Waals surface area contributed by atoms with Gasteiger partial charge in [0.25, 0.3) is 5.91 Å². The topological polar surface area (TPSA) is 23.6 Å². The molecule has 0 bridgehead atoms. The molecule has 1 aliphatic rings. The number of carbonyl (C=O) groups excluding carboxylic acids is 1. The fraction of sp³-hybridized carbons (Fsp3) is 0.316. The number of carbonyl (C=O) groups is 1. The summed E-state index contributed by atoms with van der Waals surface area (Å²) in [5.41, 5.74) is 3.47. The summed E-state index contributed by atoms with van der Waals surface area (Å²) in [6.07, 6.45) is 0. The SMILES string of the molecule is Cc1ccccc1CN1CCN(C(=O)c2ccc(Br)cc2)CC1. The summed E-state index contributed by atoms with van der Waals surface area (Å²) >= 11 is 3.40. The van der Waals surface area contributed by atoms with Crippen LogP contribution in [0.3, 0.4) is 0 Å². The first-order chi connectivity index (χ1) is 11.1. The average molecular weight is 373 g/mol. The summed E-state index contributed by atoms with van der Waals surface area (Å²) in [6, 6.07) is 16.1. The van der Waals surface area contributed by atoms with Crippen LogP contribution in [-0.4, -0.2) is 41.9 Å². The van der Waals surface area contributed by atoms with E-state index in [9.17, 15) is 4.79 Å². The lowest BCUT2D eigenvalue weighted by molar-refractivity contribution is 0.0628. The predicted molar refractivity (Wildman–Crippen MR) is 96.5 cm³/mol. The fourth-order valence-electron chi connectivity index (χ4n) is 2.91. The molecule has 0 unspecified atom stereocenters. The van der Waals surface area contributed by atoms with E-state index in [0.717, 1.165) is 42.8 Å². The third-order valence-electron chi connectivity index (χ3n) is 4.41. The Morgan fingerprint density at radius 1 is 1.00 bits per heavy atom. The second-order valence-corrected chi connectivity index (χ2v) is 6.92. The smallest absolute Gasteiger partial charge is 0.253 e. The molecule has 3 nitrogen and oxygen atoms in total. The third-order valence-corrected chi connectivity index (χ3v) is 4.93. The van der Waals surface area contributed by atoms with Crippen LogP contribution in [0.2, 0.25) is 0 Å². The minimum atomic E-state index is 0.132. The van der Waals surface area contributed by atoms with Crippen LogP contribution in [0.5, 0.6) is 0 Å². The molecule has 1 saturated heterocycles. The van der Waals surface area contributed by atoms with Crippen molar-refractivity contribution in [3.05, 3.63) is 69.7 Å². The first kappa shape index (κ1) is 16.2. The van der Waals surface area contributed by atoms with Crippen LogP contribution in [0.25, 0.3) is 0 Å². The molecule has 0 N–H and O–H groups in total. The van der Waals surface area contributed by atoms with Crippen LogP contribution in [-0.2, 0) is 6.54 Å². The molecule has 1 heterocycles. The molecule has 0 atom stereocenters. The van der Waals surface area contributed by atoms with Crippen molar-refractivity contribution in [1.82, 2.24) is 9.80 Å². The number of nitrogens with zero attached hydrogens (tertiary/aromatic N) is 2. The number of hydrogen-bond donors (Lipinski definition) is 0. The van der Waals surface area contributed by atoms with Gasteiger partial charge in [-0.1, -0.05) is 40.2 Å². The van der Waals surface area contributed by atoms with E-state index >= 15 is 0 Å². The van der Waals surface area contributed by atoms with Gasteiger partial charge >= 0.3 is 0 Å². The van der Waals surface area contributed by atoms with E-state index in [-0.39, 0.29) is 5.91 Å². The van der Waals surface area contributed by atoms with Crippen molar-refractivity contribution in [2.24, 2.45) is 0 Å². The molecular formula is C19H21BrN2O. The molecule has 120 valence electrons. The molecule has 1 aliphatic heterocycles. The van der Waals surface area contributed by atoms with E-state index in [1.54, 1.807) is 0 Å². The van der Waals surface area contributed by atoms with Gasteiger partial charge in [0.1, 0.15) is 0 Å². The second-order valence-electron chi connectivity index (χ2n) is 6.00. The lowest BCUT2D eigenvalue weighted by atomic mass is 10.1. The highest BCUT2D eigenvalue weighted by Gasteiger charge is 2.22. The van der Waals surface area contributed by atoms with Crippen LogP contribution in [0.1, 0.15) is 21.5 Å². The van der Waals surface area contributed by atoms with Crippen molar-refractivity contribution in [2.45, 2.75) is 13.5 Å². The van der Waals surface area contributed by atoms with Crippen molar-refractivity contribution in [1.29, 1.82) is 0 Å². The van der Waals surface area contributed by atoms with Gasteiger partial charge in [0.2, 0.25) is 0 Å². The van der Waals surface area contributed by atoms with Crippen molar-refractivity contribution < 1.29 is 4.79 Å². The van der Waals surface area contributed by atoms with Gasteiger partial charge in [-0.05, 0) is 42.3 Å². The van der Waals surface area contributed by atoms with Crippen LogP contribution < -0.4 is 0 Å². The molecule has 2 aromatic carbocycles. The average Bonchev–Trinajstić information content (AvgIpc) is 2.58. The van der Waals surface area contributed by atoms with Gasteiger partial charge in [0.15, 0.2) is 0 Å². The summed E-state index contributed by atoms with van der Waals surface area (Å²) < 4.78 is 0.997. The number of piperazine rings is 1. The van der Waals surface area contributed by atoms with Gasteiger partial charge < -0.3 is 4.90 Å². The highest BCUT2D eigenvalue weighted by atomic mass is 79.9. The normalized spacial score (nSPS) is 15.7. The molecule has 4 heteroatoms. The number of hydrogen-bond acceptors (Lipinski definition) is 2. The lowest BCUT2D eigenvalue weighted by Crippen LogP contribution is -2.48. The molecular weight excluding hydrogens is 352 g/mol. The van der Waals surface area contributed by atoms with E-state index < -0.39 is 0 Å². The largest absolute Gasteiger partial charge is 0.336 e. The minimum absolute atomic E-state index is 0.132. The van der Waals surface area contributed by atoms with E-state index in [1.807, 2.05) is 29.2 Å². The van der Waals surface area contributed by atoms with Gasteiger partial charge in [-0.25, -0.2) is 0 Å². The summed E-state index contributed by atoms with van der Waals surface area (Å²) in [7, 11) is 0. The van der Waals surface area contributed by atoms with Crippen LogP contribution in [0.4, 0.5) is 0 Å². The van der Waals surface area contributed by atoms with Crippen molar-refractivity contribution in [3.63, 3.8) is 0 Å². The van der Waals surface area contributed by atoms with Crippen molar-refractivity contribution in [3.8, 4) is 0 Å². The van der Waals surface area contributed by atoms with Crippen molar-refractivity contribution in [2.75, 3.05) is 26.2 Å². The molecule has 0 spiro atoms. The Balaban J connectivity index is 1.57. The zero-order valence-electron chi connectivity index (χ0n) is 13.3. The Morgan fingerprint density at radius 2 is 1.65 bits per heavy atom. The van der Waals surface area contributed by atoms with Gasteiger partial charge in [-0.2, -0.15) is 0 Å². The second kappa shape index (κ2) is 7.28. The van der Waals surface area contributed by atoms with Gasteiger partial charge in [0, 0.05) is 42.8 Å². The maximum Gasteiger partial charge on any atom is 0.253 e. The highest BCUT2D eigenvalue weighted by Crippen LogP contribution is 2.15. The Bertz CT molecular complexity index is 676. The third kappa shape index (κ3) is 4.01. The number of rotatable bonds is 3. The zero-order valence-corrected chi connectivity index (χ0v) is 14.9. The molecule has 0 saturated carbocycles. The number of halogens is 1. The molecule has 0 radical (unpaired) electrons. The Morgan fingerprint density at radius 3 is 2.30 bits per heavy atom. The molecule has 3 rings (SSSR count). The van der Waals surface area contributed by atoms with Crippen LogP contribution in [0, 0.1) is 6.92 Å². The number of amides is 1. The quantitative estimate of drug-likeness (QED) is 0.819. The monoisotopic (exact) mass is 372 g/mol. The van der Waals surface area contributed by atoms with Gasteiger partial charge in [0.05, 0.1) is 0 Å². The summed E-state index contributed by atoms with van der Waals surface area (Å²) in [6.45, 7) is 6.56. The zero-order chi connectivity index (χ0) is 16.2. The van der Waals surface area contributed by atoms with E-state index in [0.29, 0.717) is 0 Å². The lowest BCUT2D eigenvalue weighted by Gasteiger charge is -2.35. The van der Waals surface area contributed by atoms with Gasteiger partial charge in [-0.3, -0.25) is 9.69 Å². The molecule has 1 fully saturated rings. The van der Waals surface area contributed by atoms with Crippen molar-refractivity contribution >= 4 is 21.8 Å². The Hall–Kier alpha value is -1.65. The van der Waals surface area contributed by atoms with Crippen LogP contribution >= 0.6 is 15.9 Å². The fourth-order valence-corrected chi connectivity index (χ4v) is 3.18. The van der Waals surface area contributed by atoms with Gasteiger partial charge in [-0.15, -0.1) is 0 Å². The number of benzene rings is 2. The van der Waals surface area contributed by atoms with E-state index in [4.69, 9.17) is 0 Å². The Labute approximate surface area is 146 Å². The molecule has 0 aromatic heterocycles. The molecule has 2 aromatic rings. The van der Waals surface area contributed by atoms with Crippen LogP contribution in [0.15, 0.2) is 53.0 Å². The summed E-state index contributed by atoms with van der Waals surface area (Å²) in [5, 5.41) is 0. The maximum absolute atomic E-state index is 12.5. The Kier molecular flexibility index (Phi) is 5.13. The maximum atomic E-state index is 12.5. The summed E-state index contributed by atoms with van der Waals surface area (Å²) in [4.78, 5) is 16.9. The minimum Gasteiger partial charge on any atom is -0.336 e. The number of aryl methyl sites for hydroxylation is 1. The first-order valence-corrected chi connectivity index (χ1v) is 8.74. The molecule has 23 heavy (non-hydrogen) atoms. The van der Waals surface area contributed by atoms with E-state index in [2.05, 4.69) is 52.0 Å². The standard InChI is InChI=1S/C19H21BrN2O/c1-15-4-2-3-5-17(15)14-21-10-12-22(13-11-21)19(23)16-6-8-18(20)9-7-16/h2-9H,10-14H2,1H3.